The predicted molar refractivity (Wildman–Crippen MR) is 117 cm³/mol. The number of halogens is 4. The summed E-state index contributed by atoms with van der Waals surface area (Å²) in [7, 11) is 5.60. The first kappa shape index (κ1) is 24.5. The summed E-state index contributed by atoms with van der Waals surface area (Å²) >= 11 is 1.67. The maximum absolute atomic E-state index is 12.5. The van der Waals surface area contributed by atoms with E-state index in [0.29, 0.717) is 18.1 Å². The normalized spacial score (nSPS) is 13.0. The molecule has 1 aromatic carbocycles. The Morgan fingerprint density at radius 1 is 1.18 bits per heavy atom. The van der Waals surface area contributed by atoms with Gasteiger partial charge in [-0.1, -0.05) is 24.3 Å². The molecule has 2 N–H and O–H groups in total. The molecule has 2 aromatic rings. The van der Waals surface area contributed by atoms with Crippen LogP contribution < -0.4 is 15.4 Å². The van der Waals surface area contributed by atoms with E-state index in [1.807, 2.05) is 25.5 Å². The molecule has 0 fully saturated rings. The quantitative estimate of drug-likeness (QED) is 0.321. The Kier molecular flexibility index (Phi) is 10.0. The Bertz CT molecular complexity index is 739. The Morgan fingerprint density at radius 3 is 2.46 bits per heavy atom. The molecule has 0 saturated heterocycles. The smallest absolute Gasteiger partial charge is 0.405 e. The first-order valence-corrected chi connectivity index (χ1v) is 9.16. The third kappa shape index (κ3) is 7.84. The Hall–Kier alpha value is -1.53. The van der Waals surface area contributed by atoms with Crippen LogP contribution in [0, 0.1) is 0 Å². The fourth-order valence-corrected chi connectivity index (χ4v) is 3.41. The maximum Gasteiger partial charge on any atom is 0.573 e. The molecule has 10 heteroatoms. The second kappa shape index (κ2) is 11.5. The zero-order valence-corrected chi connectivity index (χ0v) is 18.9. The van der Waals surface area contributed by atoms with E-state index in [4.69, 9.17) is 0 Å². The van der Waals surface area contributed by atoms with E-state index in [0.717, 1.165) is 0 Å². The lowest BCUT2D eigenvalue weighted by Gasteiger charge is -2.24. The molecule has 1 aromatic heterocycles. The number of rotatable bonds is 7. The lowest BCUT2D eigenvalue weighted by molar-refractivity contribution is -0.274. The summed E-state index contributed by atoms with van der Waals surface area (Å²) in [5.74, 6) is 0.276. The lowest BCUT2D eigenvalue weighted by Crippen LogP contribution is -2.41. The van der Waals surface area contributed by atoms with E-state index < -0.39 is 6.36 Å². The number of guanidine groups is 1. The molecule has 5 nitrogen and oxygen atoms in total. The van der Waals surface area contributed by atoms with Crippen LogP contribution in [0.2, 0.25) is 0 Å². The average molecular weight is 528 g/mol. The van der Waals surface area contributed by atoms with Crippen LogP contribution in [0.3, 0.4) is 0 Å². The van der Waals surface area contributed by atoms with Crippen LogP contribution in [0.1, 0.15) is 16.5 Å². The average Bonchev–Trinajstić information content (AvgIpc) is 3.11. The largest absolute Gasteiger partial charge is 0.573 e. The first-order chi connectivity index (χ1) is 12.8. The summed E-state index contributed by atoms with van der Waals surface area (Å²) < 4.78 is 41.6. The van der Waals surface area contributed by atoms with Crippen LogP contribution in [-0.4, -0.2) is 44.9 Å². The highest BCUT2D eigenvalue weighted by molar-refractivity contribution is 14.0. The molecule has 0 radical (unpaired) electrons. The van der Waals surface area contributed by atoms with Crippen LogP contribution in [0.25, 0.3) is 0 Å². The minimum Gasteiger partial charge on any atom is -0.405 e. The van der Waals surface area contributed by atoms with Gasteiger partial charge in [-0.25, -0.2) is 0 Å². The number of hydrogen-bond acceptors (Lipinski definition) is 4. The number of hydrogen-bond donors (Lipinski definition) is 2. The van der Waals surface area contributed by atoms with Gasteiger partial charge in [0, 0.05) is 30.6 Å². The minimum atomic E-state index is -4.73. The van der Waals surface area contributed by atoms with E-state index in [9.17, 15) is 13.2 Å². The molecule has 0 aliphatic heterocycles. The van der Waals surface area contributed by atoms with Crippen molar-refractivity contribution in [2.24, 2.45) is 4.99 Å². The van der Waals surface area contributed by atoms with Crippen molar-refractivity contribution in [3.63, 3.8) is 0 Å². The van der Waals surface area contributed by atoms with Gasteiger partial charge in [0.25, 0.3) is 0 Å². The standard InChI is InChI=1S/C18H23F3N4OS.HI/c1-22-17(24-12-14(25(2)3)16-9-6-10-27-16)23-11-13-7-4-5-8-15(13)26-18(19,20)21;/h4-10,14H,11-12H2,1-3H3,(H2,22,23,24);1H. The number of thiophene rings is 1. The monoisotopic (exact) mass is 528 g/mol. The molecular formula is C18H24F3IN4OS. The highest BCUT2D eigenvalue weighted by Crippen LogP contribution is 2.26. The number of benzene rings is 1. The van der Waals surface area contributed by atoms with Gasteiger partial charge in [0.1, 0.15) is 5.75 Å². The molecule has 156 valence electrons. The second-order valence-electron chi connectivity index (χ2n) is 5.96. The molecule has 28 heavy (non-hydrogen) atoms. The van der Waals surface area contributed by atoms with Crippen molar-refractivity contribution in [2.45, 2.75) is 18.9 Å². The summed E-state index contributed by atoms with van der Waals surface area (Å²) in [4.78, 5) is 7.45. The predicted octanol–water partition coefficient (Wildman–Crippen LogP) is 4.23. The third-order valence-corrected chi connectivity index (χ3v) is 4.80. The molecule has 0 spiro atoms. The summed E-state index contributed by atoms with van der Waals surface area (Å²) in [5.41, 5.74) is 0.389. The Morgan fingerprint density at radius 2 is 1.89 bits per heavy atom. The van der Waals surface area contributed by atoms with Crippen molar-refractivity contribution in [3.05, 3.63) is 52.2 Å². The number of ether oxygens (including phenoxy) is 1. The summed E-state index contributed by atoms with van der Waals surface area (Å²) in [6.45, 7) is 0.755. The van der Waals surface area contributed by atoms with Gasteiger partial charge in [0.2, 0.25) is 0 Å². The van der Waals surface area contributed by atoms with E-state index in [2.05, 4.69) is 31.3 Å². The van der Waals surface area contributed by atoms with Crippen LogP contribution in [0.4, 0.5) is 13.2 Å². The lowest BCUT2D eigenvalue weighted by atomic mass is 10.2. The molecular weight excluding hydrogens is 504 g/mol. The van der Waals surface area contributed by atoms with E-state index in [-0.39, 0.29) is 42.3 Å². The number of likely N-dealkylation sites (N-methyl/N-ethyl adjacent to an activating group) is 1. The SMILES string of the molecule is CN=C(NCc1ccccc1OC(F)(F)F)NCC(c1cccs1)N(C)C.I. The first-order valence-electron chi connectivity index (χ1n) is 8.28. The van der Waals surface area contributed by atoms with Gasteiger partial charge in [-0.2, -0.15) is 0 Å². The summed E-state index contributed by atoms with van der Waals surface area (Å²) in [5, 5.41) is 8.27. The van der Waals surface area contributed by atoms with Crippen molar-refractivity contribution in [3.8, 4) is 5.75 Å². The van der Waals surface area contributed by atoms with E-state index in [1.54, 1.807) is 30.5 Å². The molecule has 1 atom stereocenters. The van der Waals surface area contributed by atoms with Gasteiger partial charge in [0.05, 0.1) is 6.04 Å². The molecule has 0 aliphatic carbocycles. The zero-order chi connectivity index (χ0) is 19.9. The molecule has 0 aliphatic rings. The molecule has 0 amide bonds. The number of nitrogens with zero attached hydrogens (tertiary/aromatic N) is 2. The van der Waals surface area contributed by atoms with Crippen molar-refractivity contribution in [2.75, 3.05) is 27.7 Å². The Labute approximate surface area is 184 Å². The van der Waals surface area contributed by atoms with Crippen molar-refractivity contribution in [1.29, 1.82) is 0 Å². The van der Waals surface area contributed by atoms with Crippen LogP contribution >= 0.6 is 35.3 Å². The van der Waals surface area contributed by atoms with Crippen molar-refractivity contribution < 1.29 is 17.9 Å². The van der Waals surface area contributed by atoms with Gasteiger partial charge < -0.3 is 20.3 Å². The third-order valence-electron chi connectivity index (χ3n) is 3.83. The van der Waals surface area contributed by atoms with Crippen LogP contribution in [0.5, 0.6) is 5.75 Å². The minimum absolute atomic E-state index is 0. The van der Waals surface area contributed by atoms with Gasteiger partial charge in [-0.15, -0.1) is 48.5 Å². The number of alkyl halides is 3. The van der Waals surface area contributed by atoms with Gasteiger partial charge in [-0.05, 0) is 31.6 Å². The maximum atomic E-state index is 12.5. The van der Waals surface area contributed by atoms with Crippen molar-refractivity contribution in [1.82, 2.24) is 15.5 Å². The molecule has 1 heterocycles. The van der Waals surface area contributed by atoms with Crippen molar-refractivity contribution >= 4 is 41.3 Å². The van der Waals surface area contributed by atoms with Crippen LogP contribution in [-0.2, 0) is 6.54 Å². The number of aliphatic imine (C=N–C) groups is 1. The summed E-state index contributed by atoms with van der Waals surface area (Å²) in [6.07, 6.45) is -4.73. The van der Waals surface area contributed by atoms with Gasteiger partial charge in [-0.3, -0.25) is 4.99 Å². The highest BCUT2D eigenvalue weighted by Gasteiger charge is 2.31. The van der Waals surface area contributed by atoms with Crippen LogP contribution in [0.15, 0.2) is 46.8 Å². The van der Waals surface area contributed by atoms with Gasteiger partial charge in [0.15, 0.2) is 5.96 Å². The second-order valence-corrected chi connectivity index (χ2v) is 6.94. The molecule has 1 unspecified atom stereocenters. The fourth-order valence-electron chi connectivity index (χ4n) is 2.49. The number of nitrogens with one attached hydrogen (secondary N) is 2. The molecule has 0 saturated carbocycles. The number of para-hydroxylation sites is 1. The highest BCUT2D eigenvalue weighted by atomic mass is 127. The zero-order valence-electron chi connectivity index (χ0n) is 15.8. The summed E-state index contributed by atoms with van der Waals surface area (Å²) in [6, 6.07) is 10.3. The van der Waals surface area contributed by atoms with E-state index >= 15 is 0 Å². The molecule has 2 rings (SSSR count). The van der Waals surface area contributed by atoms with E-state index in [1.165, 1.54) is 17.0 Å². The molecule has 0 bridgehead atoms. The fraction of sp³-hybridized carbons (Fsp3) is 0.389. The van der Waals surface area contributed by atoms with Gasteiger partial charge >= 0.3 is 6.36 Å². The topological polar surface area (TPSA) is 48.9 Å². The Balaban J connectivity index is 0.00000392.